The maximum absolute atomic E-state index is 13.5. The number of aliphatic hydroxyl groups excluding tert-OH is 1. The summed E-state index contributed by atoms with van der Waals surface area (Å²) in [7, 11) is 0. The Morgan fingerprint density at radius 3 is 2.84 bits per heavy atom. The molecule has 0 aromatic heterocycles. The minimum absolute atomic E-state index is 0.0960. The summed E-state index contributed by atoms with van der Waals surface area (Å²) >= 11 is 0. The van der Waals surface area contributed by atoms with Crippen molar-refractivity contribution < 1.29 is 14.3 Å². The van der Waals surface area contributed by atoms with Gasteiger partial charge < -0.3 is 10.0 Å². The van der Waals surface area contributed by atoms with Crippen molar-refractivity contribution in [1.82, 2.24) is 4.90 Å². The van der Waals surface area contributed by atoms with Crippen LogP contribution in [0.25, 0.3) is 0 Å². The molecule has 0 radical (unpaired) electrons. The van der Waals surface area contributed by atoms with Gasteiger partial charge in [0.25, 0.3) is 5.91 Å². The van der Waals surface area contributed by atoms with Gasteiger partial charge in [-0.05, 0) is 50.3 Å². The van der Waals surface area contributed by atoms with Crippen LogP contribution < -0.4 is 0 Å². The number of rotatable bonds is 2. The zero-order chi connectivity index (χ0) is 14.0. The highest BCUT2D eigenvalue weighted by Crippen LogP contribution is 2.23. The minimum Gasteiger partial charge on any atom is -0.396 e. The lowest BCUT2D eigenvalue weighted by Crippen LogP contribution is -2.46. The molecule has 1 aromatic carbocycles. The Balaban J connectivity index is 2.19. The van der Waals surface area contributed by atoms with Gasteiger partial charge in [0, 0.05) is 24.8 Å². The first kappa shape index (κ1) is 14.0. The molecule has 1 heterocycles. The third-order valence-corrected chi connectivity index (χ3v) is 3.92. The number of benzene rings is 1. The van der Waals surface area contributed by atoms with Crippen molar-refractivity contribution in [2.45, 2.75) is 32.7 Å². The highest BCUT2D eigenvalue weighted by Gasteiger charge is 2.29. The Morgan fingerprint density at radius 2 is 2.21 bits per heavy atom. The fourth-order valence-electron chi connectivity index (χ4n) is 2.51. The molecule has 2 rings (SSSR count). The van der Waals surface area contributed by atoms with Gasteiger partial charge in [-0.25, -0.2) is 4.39 Å². The van der Waals surface area contributed by atoms with Crippen LogP contribution in [0, 0.1) is 18.7 Å². The average molecular weight is 265 g/mol. The summed E-state index contributed by atoms with van der Waals surface area (Å²) in [5, 5.41) is 9.23. The molecule has 1 N–H and O–H groups in total. The number of aliphatic hydroxyl groups is 1. The number of carbonyl (C=O) groups excluding carboxylic acids is 1. The van der Waals surface area contributed by atoms with E-state index in [1.165, 1.54) is 6.07 Å². The van der Waals surface area contributed by atoms with E-state index in [-0.39, 0.29) is 30.3 Å². The smallest absolute Gasteiger partial charge is 0.254 e. The lowest BCUT2D eigenvalue weighted by molar-refractivity contribution is 0.0488. The zero-order valence-corrected chi connectivity index (χ0v) is 11.4. The number of halogens is 1. The van der Waals surface area contributed by atoms with Crippen LogP contribution in [-0.4, -0.2) is 35.1 Å². The molecule has 1 amide bonds. The Kier molecular flexibility index (Phi) is 4.20. The SMILES string of the molecule is Cc1ccc(C(=O)N2CC(CO)CCC2C)cc1F. The molecule has 0 saturated carbocycles. The van der Waals surface area contributed by atoms with Gasteiger partial charge in [-0.15, -0.1) is 0 Å². The van der Waals surface area contributed by atoms with Crippen molar-refractivity contribution in [2.75, 3.05) is 13.2 Å². The molecule has 104 valence electrons. The lowest BCUT2D eigenvalue weighted by atomic mass is 9.93. The molecule has 19 heavy (non-hydrogen) atoms. The van der Waals surface area contributed by atoms with Crippen LogP contribution in [-0.2, 0) is 0 Å². The number of aryl methyl sites for hydroxylation is 1. The van der Waals surface area contributed by atoms with Crippen LogP contribution in [0.3, 0.4) is 0 Å². The summed E-state index contributed by atoms with van der Waals surface area (Å²) in [5.74, 6) is -0.366. The van der Waals surface area contributed by atoms with E-state index in [9.17, 15) is 14.3 Å². The quantitative estimate of drug-likeness (QED) is 0.891. The number of amides is 1. The van der Waals surface area contributed by atoms with Crippen LogP contribution in [0.15, 0.2) is 18.2 Å². The van der Waals surface area contributed by atoms with Crippen LogP contribution in [0.5, 0.6) is 0 Å². The van der Waals surface area contributed by atoms with Crippen molar-refractivity contribution in [3.63, 3.8) is 0 Å². The van der Waals surface area contributed by atoms with E-state index in [0.717, 1.165) is 12.8 Å². The van der Waals surface area contributed by atoms with Crippen molar-refractivity contribution >= 4 is 5.91 Å². The molecule has 2 unspecified atom stereocenters. The Bertz CT molecular complexity index is 475. The van der Waals surface area contributed by atoms with E-state index in [2.05, 4.69) is 0 Å². The molecule has 0 aliphatic carbocycles. The molecule has 1 saturated heterocycles. The normalized spacial score (nSPS) is 23.5. The second-order valence-electron chi connectivity index (χ2n) is 5.40. The van der Waals surface area contributed by atoms with E-state index in [1.54, 1.807) is 24.0 Å². The number of hydrogen-bond donors (Lipinski definition) is 1. The maximum Gasteiger partial charge on any atom is 0.254 e. The van der Waals surface area contributed by atoms with Crippen molar-refractivity contribution in [3.05, 3.63) is 35.1 Å². The first-order valence-electron chi connectivity index (χ1n) is 6.71. The highest BCUT2D eigenvalue weighted by atomic mass is 19.1. The second-order valence-corrected chi connectivity index (χ2v) is 5.40. The number of piperidine rings is 1. The second kappa shape index (κ2) is 5.70. The van der Waals surface area contributed by atoms with Crippen LogP contribution in [0.4, 0.5) is 4.39 Å². The van der Waals surface area contributed by atoms with Gasteiger partial charge in [-0.1, -0.05) is 6.07 Å². The molecule has 1 fully saturated rings. The fourth-order valence-corrected chi connectivity index (χ4v) is 2.51. The van der Waals surface area contributed by atoms with E-state index in [0.29, 0.717) is 17.7 Å². The van der Waals surface area contributed by atoms with Crippen molar-refractivity contribution in [1.29, 1.82) is 0 Å². The van der Waals surface area contributed by atoms with Crippen LogP contribution in [0.1, 0.15) is 35.7 Å². The first-order valence-corrected chi connectivity index (χ1v) is 6.71. The molecule has 3 nitrogen and oxygen atoms in total. The molecule has 0 spiro atoms. The largest absolute Gasteiger partial charge is 0.396 e. The van der Waals surface area contributed by atoms with E-state index < -0.39 is 0 Å². The summed E-state index contributed by atoms with van der Waals surface area (Å²) in [5.41, 5.74) is 0.921. The first-order chi connectivity index (χ1) is 9.02. The molecular formula is C15H20FNO2. The number of carbonyl (C=O) groups is 1. The van der Waals surface area contributed by atoms with Gasteiger partial charge in [0.15, 0.2) is 0 Å². The number of likely N-dealkylation sites (tertiary alicyclic amines) is 1. The molecule has 1 aliphatic heterocycles. The zero-order valence-electron chi connectivity index (χ0n) is 11.4. The maximum atomic E-state index is 13.5. The van der Waals surface area contributed by atoms with E-state index in [1.807, 2.05) is 6.92 Å². The third-order valence-electron chi connectivity index (χ3n) is 3.92. The molecule has 1 aromatic rings. The molecular weight excluding hydrogens is 245 g/mol. The standard InChI is InChI=1S/C15H20FNO2/c1-10-3-6-13(7-14(10)16)15(19)17-8-12(9-18)5-4-11(17)2/h3,6-7,11-12,18H,4-5,8-9H2,1-2H3. The van der Waals surface area contributed by atoms with Crippen LogP contribution >= 0.6 is 0 Å². The minimum atomic E-state index is -0.353. The topological polar surface area (TPSA) is 40.5 Å². The monoisotopic (exact) mass is 265 g/mol. The van der Waals surface area contributed by atoms with Gasteiger partial charge in [0.2, 0.25) is 0 Å². The van der Waals surface area contributed by atoms with E-state index >= 15 is 0 Å². The summed E-state index contributed by atoms with van der Waals surface area (Å²) in [6.45, 7) is 4.32. The van der Waals surface area contributed by atoms with Crippen LogP contribution in [0.2, 0.25) is 0 Å². The van der Waals surface area contributed by atoms with Gasteiger partial charge >= 0.3 is 0 Å². The predicted octanol–water partition coefficient (Wildman–Crippen LogP) is 2.37. The Hall–Kier alpha value is -1.42. The fraction of sp³-hybridized carbons (Fsp3) is 0.533. The van der Waals surface area contributed by atoms with Crippen molar-refractivity contribution in [3.8, 4) is 0 Å². The third kappa shape index (κ3) is 2.95. The predicted molar refractivity (Wildman–Crippen MR) is 71.4 cm³/mol. The van der Waals surface area contributed by atoms with Gasteiger partial charge in [0.1, 0.15) is 5.82 Å². The van der Waals surface area contributed by atoms with Gasteiger partial charge in [0.05, 0.1) is 0 Å². The average Bonchev–Trinajstić information content (AvgIpc) is 2.41. The molecule has 1 aliphatic rings. The number of hydrogen-bond acceptors (Lipinski definition) is 2. The Labute approximate surface area is 113 Å². The lowest BCUT2D eigenvalue weighted by Gasteiger charge is -2.37. The number of nitrogens with zero attached hydrogens (tertiary/aromatic N) is 1. The van der Waals surface area contributed by atoms with Gasteiger partial charge in [-0.2, -0.15) is 0 Å². The molecule has 0 bridgehead atoms. The molecule has 2 atom stereocenters. The summed E-state index contributed by atoms with van der Waals surface area (Å²) < 4.78 is 13.5. The van der Waals surface area contributed by atoms with Crippen molar-refractivity contribution in [2.24, 2.45) is 5.92 Å². The van der Waals surface area contributed by atoms with Gasteiger partial charge in [-0.3, -0.25) is 4.79 Å². The molecule has 4 heteroatoms. The summed E-state index contributed by atoms with van der Waals surface area (Å²) in [6.07, 6.45) is 1.81. The summed E-state index contributed by atoms with van der Waals surface area (Å²) in [4.78, 5) is 14.2. The summed E-state index contributed by atoms with van der Waals surface area (Å²) in [6, 6.07) is 4.73. The van der Waals surface area contributed by atoms with E-state index in [4.69, 9.17) is 0 Å². The highest BCUT2D eigenvalue weighted by molar-refractivity contribution is 5.94. The Morgan fingerprint density at radius 1 is 1.47 bits per heavy atom.